The van der Waals surface area contributed by atoms with E-state index >= 15 is 0 Å². The van der Waals surface area contributed by atoms with Crippen LogP contribution in [0.15, 0.2) is 60.9 Å². The van der Waals surface area contributed by atoms with E-state index in [4.69, 9.17) is 10.5 Å². The van der Waals surface area contributed by atoms with Crippen molar-refractivity contribution in [3.8, 4) is 0 Å². The van der Waals surface area contributed by atoms with Crippen molar-refractivity contribution in [2.45, 2.75) is 32.7 Å². The number of aromatic nitrogens is 3. The van der Waals surface area contributed by atoms with Gasteiger partial charge in [-0.1, -0.05) is 36.4 Å². The van der Waals surface area contributed by atoms with Crippen molar-refractivity contribution in [3.05, 3.63) is 83.4 Å². The Morgan fingerprint density at radius 2 is 2.00 bits per heavy atom. The molecule has 1 unspecified atom stereocenters. The highest BCUT2D eigenvalue weighted by molar-refractivity contribution is 5.92. The van der Waals surface area contributed by atoms with E-state index in [0.29, 0.717) is 18.9 Å². The number of nitrogens with one attached hydrogen (secondary N) is 1. The van der Waals surface area contributed by atoms with Gasteiger partial charge in [-0.15, -0.1) is 0 Å². The number of rotatable bonds is 9. The molecular formula is C21H25N5O2. The van der Waals surface area contributed by atoms with Gasteiger partial charge >= 0.3 is 0 Å². The zero-order valence-electron chi connectivity index (χ0n) is 15.9. The first-order chi connectivity index (χ1) is 13.6. The largest absolute Gasteiger partial charge is 0.377 e. The lowest BCUT2D eigenvalue weighted by atomic mass is 10.2. The molecule has 0 saturated carbocycles. The molecule has 3 aromatic rings. The average molecular weight is 379 g/mol. The number of nitrogens with two attached hydrogens (primary N) is 1. The van der Waals surface area contributed by atoms with Crippen LogP contribution in [0, 0.1) is 6.92 Å². The van der Waals surface area contributed by atoms with Crippen LogP contribution in [-0.4, -0.2) is 27.3 Å². The standard InChI is InChI=1S/C21H25N5O2/c1-16-18(20(22)25-21(27)19-10-5-6-11-23-19)14-24-26(16)12-7-13-28-15-17-8-3-2-4-9-17/h2-6,8-11,14,20H,7,12-13,15,22H2,1H3,(H,25,27). The number of hydrogen-bond acceptors (Lipinski definition) is 5. The molecule has 1 aromatic carbocycles. The molecule has 0 radical (unpaired) electrons. The minimum atomic E-state index is -0.641. The summed E-state index contributed by atoms with van der Waals surface area (Å²) in [6, 6.07) is 15.3. The summed E-state index contributed by atoms with van der Waals surface area (Å²) >= 11 is 0. The fraction of sp³-hybridized carbons (Fsp3) is 0.286. The lowest BCUT2D eigenvalue weighted by Crippen LogP contribution is -2.34. The van der Waals surface area contributed by atoms with Crippen molar-refractivity contribution in [1.82, 2.24) is 20.1 Å². The van der Waals surface area contributed by atoms with E-state index in [-0.39, 0.29) is 5.91 Å². The van der Waals surface area contributed by atoms with E-state index in [0.717, 1.165) is 29.8 Å². The molecule has 0 aliphatic carbocycles. The predicted molar refractivity (Wildman–Crippen MR) is 106 cm³/mol. The second-order valence-corrected chi connectivity index (χ2v) is 6.47. The first kappa shape index (κ1) is 19.7. The van der Waals surface area contributed by atoms with E-state index in [9.17, 15) is 4.79 Å². The Morgan fingerprint density at radius 3 is 2.75 bits per heavy atom. The maximum absolute atomic E-state index is 12.2. The summed E-state index contributed by atoms with van der Waals surface area (Å²) in [6.45, 7) is 3.92. The molecular weight excluding hydrogens is 354 g/mol. The van der Waals surface area contributed by atoms with Crippen LogP contribution in [0.4, 0.5) is 0 Å². The Morgan fingerprint density at radius 1 is 1.21 bits per heavy atom. The van der Waals surface area contributed by atoms with Gasteiger partial charge in [-0.3, -0.25) is 14.5 Å². The number of ether oxygens (including phenoxy) is 1. The molecule has 0 saturated heterocycles. The molecule has 7 heteroatoms. The summed E-state index contributed by atoms with van der Waals surface area (Å²) in [5, 5.41) is 7.15. The Bertz CT molecular complexity index is 880. The van der Waals surface area contributed by atoms with Gasteiger partial charge < -0.3 is 15.8 Å². The normalized spacial score (nSPS) is 11.9. The van der Waals surface area contributed by atoms with Gasteiger partial charge in [-0.05, 0) is 31.0 Å². The van der Waals surface area contributed by atoms with Gasteiger partial charge in [0.1, 0.15) is 11.9 Å². The van der Waals surface area contributed by atoms with Crippen molar-refractivity contribution >= 4 is 5.91 Å². The predicted octanol–water partition coefficient (Wildman–Crippen LogP) is 2.58. The summed E-state index contributed by atoms with van der Waals surface area (Å²) in [4.78, 5) is 16.2. The monoisotopic (exact) mass is 379 g/mol. The van der Waals surface area contributed by atoms with E-state index in [1.807, 2.05) is 41.9 Å². The second-order valence-electron chi connectivity index (χ2n) is 6.47. The third-order valence-electron chi connectivity index (χ3n) is 4.43. The summed E-state index contributed by atoms with van der Waals surface area (Å²) in [5.41, 5.74) is 9.36. The highest BCUT2D eigenvalue weighted by atomic mass is 16.5. The molecule has 0 fully saturated rings. The van der Waals surface area contributed by atoms with E-state index in [1.54, 1.807) is 30.6 Å². The molecule has 1 atom stereocenters. The van der Waals surface area contributed by atoms with Crippen LogP contribution in [0.25, 0.3) is 0 Å². The maximum Gasteiger partial charge on any atom is 0.271 e. The number of carbonyl (C=O) groups is 1. The zero-order valence-corrected chi connectivity index (χ0v) is 15.9. The number of benzene rings is 1. The fourth-order valence-corrected chi connectivity index (χ4v) is 2.86. The van der Waals surface area contributed by atoms with Crippen LogP contribution in [0.1, 0.15) is 39.9 Å². The van der Waals surface area contributed by atoms with Crippen LogP contribution < -0.4 is 11.1 Å². The summed E-state index contributed by atoms with van der Waals surface area (Å²) in [6.07, 6.45) is 3.47. The summed E-state index contributed by atoms with van der Waals surface area (Å²) < 4.78 is 7.59. The number of aryl methyl sites for hydroxylation is 1. The number of carbonyl (C=O) groups excluding carboxylic acids is 1. The molecule has 2 heterocycles. The zero-order chi connectivity index (χ0) is 19.8. The Hall–Kier alpha value is -3.03. The third kappa shape index (κ3) is 5.25. The molecule has 0 spiro atoms. The molecule has 3 N–H and O–H groups in total. The number of amides is 1. The molecule has 2 aromatic heterocycles. The van der Waals surface area contributed by atoms with Crippen LogP contribution >= 0.6 is 0 Å². The van der Waals surface area contributed by atoms with Crippen molar-refractivity contribution in [3.63, 3.8) is 0 Å². The van der Waals surface area contributed by atoms with Gasteiger partial charge in [0, 0.05) is 30.6 Å². The fourth-order valence-electron chi connectivity index (χ4n) is 2.86. The van der Waals surface area contributed by atoms with E-state index in [1.165, 1.54) is 0 Å². The van der Waals surface area contributed by atoms with Crippen LogP contribution in [0.5, 0.6) is 0 Å². The van der Waals surface area contributed by atoms with Gasteiger partial charge in [-0.25, -0.2) is 0 Å². The number of pyridine rings is 1. The van der Waals surface area contributed by atoms with Gasteiger partial charge in [-0.2, -0.15) is 5.10 Å². The highest BCUT2D eigenvalue weighted by Gasteiger charge is 2.17. The van der Waals surface area contributed by atoms with Crippen LogP contribution in [-0.2, 0) is 17.9 Å². The van der Waals surface area contributed by atoms with Crippen molar-refractivity contribution < 1.29 is 9.53 Å². The third-order valence-corrected chi connectivity index (χ3v) is 4.43. The van der Waals surface area contributed by atoms with Crippen LogP contribution in [0.3, 0.4) is 0 Å². The molecule has 1 amide bonds. The smallest absolute Gasteiger partial charge is 0.271 e. The first-order valence-electron chi connectivity index (χ1n) is 9.26. The minimum Gasteiger partial charge on any atom is -0.377 e. The molecule has 0 aliphatic heterocycles. The Kier molecular flexibility index (Phi) is 6.89. The van der Waals surface area contributed by atoms with Gasteiger partial charge in [0.2, 0.25) is 0 Å². The minimum absolute atomic E-state index is 0.311. The lowest BCUT2D eigenvalue weighted by Gasteiger charge is -2.14. The van der Waals surface area contributed by atoms with Crippen molar-refractivity contribution in [2.75, 3.05) is 6.61 Å². The van der Waals surface area contributed by atoms with Gasteiger partial charge in [0.05, 0.1) is 12.8 Å². The number of nitrogens with zero attached hydrogens (tertiary/aromatic N) is 3. The first-order valence-corrected chi connectivity index (χ1v) is 9.26. The summed E-state index contributed by atoms with van der Waals surface area (Å²) in [7, 11) is 0. The molecule has 146 valence electrons. The van der Waals surface area contributed by atoms with Crippen LogP contribution in [0.2, 0.25) is 0 Å². The topological polar surface area (TPSA) is 95.1 Å². The lowest BCUT2D eigenvalue weighted by molar-refractivity contribution is 0.0932. The Labute approximate surface area is 164 Å². The average Bonchev–Trinajstić information content (AvgIpc) is 3.09. The molecule has 28 heavy (non-hydrogen) atoms. The molecule has 0 aliphatic rings. The van der Waals surface area contributed by atoms with Crippen molar-refractivity contribution in [1.29, 1.82) is 0 Å². The quantitative estimate of drug-likeness (QED) is 0.440. The van der Waals surface area contributed by atoms with E-state index in [2.05, 4.69) is 15.4 Å². The van der Waals surface area contributed by atoms with Crippen molar-refractivity contribution in [2.24, 2.45) is 5.73 Å². The number of hydrogen-bond donors (Lipinski definition) is 2. The van der Waals surface area contributed by atoms with Gasteiger partial charge in [0.25, 0.3) is 5.91 Å². The highest BCUT2D eigenvalue weighted by Crippen LogP contribution is 2.14. The molecule has 7 nitrogen and oxygen atoms in total. The molecule has 3 rings (SSSR count). The summed E-state index contributed by atoms with van der Waals surface area (Å²) in [5.74, 6) is -0.311. The van der Waals surface area contributed by atoms with E-state index < -0.39 is 6.17 Å². The maximum atomic E-state index is 12.2. The second kappa shape index (κ2) is 9.77. The Balaban J connectivity index is 1.47. The SMILES string of the molecule is Cc1c(C(N)NC(=O)c2ccccn2)cnn1CCCOCc1ccccc1. The van der Waals surface area contributed by atoms with Gasteiger partial charge in [0.15, 0.2) is 0 Å². The molecule has 0 bridgehead atoms.